The first-order chi connectivity index (χ1) is 15.0. The number of guanidine groups is 1. The van der Waals surface area contributed by atoms with Crippen molar-refractivity contribution in [1.82, 2.24) is 30.0 Å². The van der Waals surface area contributed by atoms with Crippen molar-refractivity contribution in [3.05, 3.63) is 59.9 Å². The van der Waals surface area contributed by atoms with E-state index in [0.29, 0.717) is 36.7 Å². The minimum Gasteiger partial charge on any atom is -0.383 e. The number of methoxy groups -OCH3 is 1. The molecule has 3 N–H and O–H groups in total. The van der Waals surface area contributed by atoms with Crippen molar-refractivity contribution in [3.8, 4) is 0 Å². The highest BCUT2D eigenvalue weighted by Gasteiger charge is 2.07. The Labute approximate surface area is 186 Å². The maximum Gasteiger partial charge on any atom is 0.229 e. The fourth-order valence-electron chi connectivity index (χ4n) is 2.71. The van der Waals surface area contributed by atoms with Crippen LogP contribution in [0.15, 0.2) is 48.0 Å². The van der Waals surface area contributed by atoms with Crippen LogP contribution in [0.5, 0.6) is 0 Å². The number of nitrogens with one attached hydrogen (secondary N) is 3. The molecule has 0 fully saturated rings. The lowest BCUT2D eigenvalue weighted by molar-refractivity contribution is 0.204. The van der Waals surface area contributed by atoms with Gasteiger partial charge in [0, 0.05) is 30.7 Å². The van der Waals surface area contributed by atoms with Gasteiger partial charge >= 0.3 is 0 Å². The van der Waals surface area contributed by atoms with E-state index in [1.807, 2.05) is 44.2 Å². The van der Waals surface area contributed by atoms with Gasteiger partial charge in [0.15, 0.2) is 5.11 Å². The summed E-state index contributed by atoms with van der Waals surface area (Å²) in [5.74, 6) is 0.843. The third-order valence-electron chi connectivity index (χ3n) is 4.04. The normalized spacial score (nSPS) is 11.3. The van der Waals surface area contributed by atoms with Gasteiger partial charge in [-0.3, -0.25) is 5.32 Å². The molecule has 0 amide bonds. The van der Waals surface area contributed by atoms with E-state index < -0.39 is 0 Å². The molecule has 3 rings (SSSR count). The second kappa shape index (κ2) is 11.1. The molecule has 0 unspecified atom stereocenters. The zero-order valence-electron chi connectivity index (χ0n) is 17.7. The molecule has 162 valence electrons. The quantitative estimate of drug-likeness (QED) is 0.220. The van der Waals surface area contributed by atoms with E-state index in [0.717, 1.165) is 22.6 Å². The minimum absolute atomic E-state index is 0.319. The van der Waals surface area contributed by atoms with E-state index in [2.05, 4.69) is 41.0 Å². The number of hydrogen-bond acceptors (Lipinski definition) is 6. The van der Waals surface area contributed by atoms with Crippen LogP contribution in [0, 0.1) is 13.8 Å². The van der Waals surface area contributed by atoms with Gasteiger partial charge in [-0.15, -0.1) is 0 Å². The summed E-state index contributed by atoms with van der Waals surface area (Å²) in [5.41, 5.74) is 3.63. The summed E-state index contributed by atoms with van der Waals surface area (Å²) in [5, 5.41) is 13.8. The van der Waals surface area contributed by atoms with Gasteiger partial charge in [0.2, 0.25) is 11.9 Å². The molecule has 0 atom stereocenters. The maximum absolute atomic E-state index is 5.32. The van der Waals surface area contributed by atoms with Crippen molar-refractivity contribution in [1.29, 1.82) is 0 Å². The molecule has 0 aliphatic heterocycles. The predicted molar refractivity (Wildman–Crippen MR) is 124 cm³/mol. The molecule has 2 heterocycles. The molecule has 0 saturated carbocycles. The van der Waals surface area contributed by atoms with Gasteiger partial charge in [0.05, 0.1) is 13.2 Å². The number of aryl methyl sites for hydroxylation is 2. The SMILES string of the molecule is COCCNC(=S)/N=C(\Nc1ccc(Cn2cncn2)cc1)Nc1nc(C)cc(C)n1. The third-order valence-corrected chi connectivity index (χ3v) is 4.27. The molecule has 11 heteroatoms. The Hall–Kier alpha value is -3.44. The van der Waals surface area contributed by atoms with Crippen molar-refractivity contribution < 1.29 is 4.74 Å². The highest BCUT2D eigenvalue weighted by Crippen LogP contribution is 2.12. The van der Waals surface area contributed by atoms with E-state index in [1.54, 1.807) is 18.1 Å². The maximum atomic E-state index is 5.32. The van der Waals surface area contributed by atoms with Crippen LogP contribution in [0.1, 0.15) is 17.0 Å². The molecule has 3 aromatic rings. The smallest absolute Gasteiger partial charge is 0.229 e. The Bertz CT molecular complexity index is 999. The molecule has 1 aromatic carbocycles. The summed E-state index contributed by atoms with van der Waals surface area (Å²) < 4.78 is 6.79. The number of rotatable bonds is 7. The zero-order chi connectivity index (χ0) is 22.1. The van der Waals surface area contributed by atoms with Gasteiger partial charge in [0.1, 0.15) is 12.7 Å². The van der Waals surface area contributed by atoms with Crippen molar-refractivity contribution in [2.75, 3.05) is 30.9 Å². The van der Waals surface area contributed by atoms with Crippen LogP contribution in [0.3, 0.4) is 0 Å². The van der Waals surface area contributed by atoms with Gasteiger partial charge in [0.25, 0.3) is 0 Å². The number of benzene rings is 1. The van der Waals surface area contributed by atoms with Gasteiger partial charge in [-0.1, -0.05) is 12.1 Å². The molecular weight excluding hydrogens is 414 g/mol. The lowest BCUT2D eigenvalue weighted by Gasteiger charge is -2.13. The third kappa shape index (κ3) is 7.39. The first-order valence-corrected chi connectivity index (χ1v) is 10.1. The van der Waals surface area contributed by atoms with E-state index in [4.69, 9.17) is 17.0 Å². The Morgan fingerprint density at radius 2 is 1.87 bits per heavy atom. The molecule has 2 aromatic heterocycles. The van der Waals surface area contributed by atoms with E-state index in [9.17, 15) is 0 Å². The fourth-order valence-corrected chi connectivity index (χ4v) is 2.90. The van der Waals surface area contributed by atoms with E-state index in [1.165, 1.54) is 6.33 Å². The molecule has 0 bridgehead atoms. The Morgan fingerprint density at radius 3 is 2.52 bits per heavy atom. The summed E-state index contributed by atoms with van der Waals surface area (Å²) in [7, 11) is 1.63. The summed E-state index contributed by atoms with van der Waals surface area (Å²) >= 11 is 5.32. The van der Waals surface area contributed by atoms with Gasteiger partial charge < -0.3 is 15.4 Å². The summed E-state index contributed by atoms with van der Waals surface area (Å²) in [6.07, 6.45) is 3.20. The van der Waals surface area contributed by atoms with E-state index >= 15 is 0 Å². The molecule has 0 saturated heterocycles. The topological polar surface area (TPSA) is 114 Å². The Morgan fingerprint density at radius 1 is 1.13 bits per heavy atom. The number of aromatic nitrogens is 5. The number of ether oxygens (including phenoxy) is 1. The van der Waals surface area contributed by atoms with Crippen molar-refractivity contribution in [3.63, 3.8) is 0 Å². The highest BCUT2D eigenvalue weighted by molar-refractivity contribution is 7.80. The first kappa shape index (κ1) is 22.2. The summed E-state index contributed by atoms with van der Waals surface area (Å²) in [4.78, 5) is 17.2. The second-order valence-corrected chi connectivity index (χ2v) is 7.09. The Balaban J connectivity index is 1.74. The molecular formula is C20H25N9OS. The molecule has 0 spiro atoms. The van der Waals surface area contributed by atoms with Crippen LogP contribution in [-0.4, -0.2) is 56.1 Å². The number of anilines is 2. The lowest BCUT2D eigenvalue weighted by Crippen LogP contribution is -2.30. The van der Waals surface area contributed by atoms with Crippen LogP contribution in [0.25, 0.3) is 0 Å². The van der Waals surface area contributed by atoms with Crippen LogP contribution < -0.4 is 16.0 Å². The number of hydrogen-bond donors (Lipinski definition) is 3. The van der Waals surface area contributed by atoms with Crippen LogP contribution in [0.4, 0.5) is 11.6 Å². The van der Waals surface area contributed by atoms with Crippen molar-refractivity contribution >= 4 is 34.9 Å². The number of nitrogens with zero attached hydrogens (tertiary/aromatic N) is 6. The van der Waals surface area contributed by atoms with Gasteiger partial charge in [-0.05, 0) is 49.8 Å². The van der Waals surface area contributed by atoms with Crippen LogP contribution in [-0.2, 0) is 11.3 Å². The fraction of sp³-hybridized carbons (Fsp3) is 0.300. The molecule has 0 aliphatic carbocycles. The monoisotopic (exact) mass is 439 g/mol. The number of aliphatic imine (C=N–C) groups is 1. The average Bonchev–Trinajstić information content (AvgIpc) is 3.22. The standard InChI is InChI=1S/C20H25N9OS/c1-14-10-15(2)25-18(24-14)27-19(28-20(31)22-8-9-30-3)26-17-6-4-16(5-7-17)11-29-13-21-12-23-29/h4-7,10,12-13H,8-9,11H2,1-3H3,(H3,22,24,25,26,27,28,31). The highest BCUT2D eigenvalue weighted by atomic mass is 32.1. The van der Waals surface area contributed by atoms with Gasteiger partial charge in [-0.25, -0.2) is 19.6 Å². The first-order valence-electron chi connectivity index (χ1n) is 9.65. The average molecular weight is 440 g/mol. The van der Waals surface area contributed by atoms with Crippen molar-refractivity contribution in [2.24, 2.45) is 4.99 Å². The minimum atomic E-state index is 0.319. The predicted octanol–water partition coefficient (Wildman–Crippen LogP) is 2.13. The molecule has 0 aliphatic rings. The van der Waals surface area contributed by atoms with Crippen LogP contribution >= 0.6 is 12.2 Å². The largest absolute Gasteiger partial charge is 0.383 e. The molecule has 0 radical (unpaired) electrons. The molecule has 31 heavy (non-hydrogen) atoms. The Kier molecular flexibility index (Phi) is 7.96. The second-order valence-electron chi connectivity index (χ2n) is 6.70. The van der Waals surface area contributed by atoms with Crippen molar-refractivity contribution in [2.45, 2.75) is 20.4 Å². The zero-order valence-corrected chi connectivity index (χ0v) is 18.5. The van der Waals surface area contributed by atoms with Crippen LogP contribution in [0.2, 0.25) is 0 Å². The van der Waals surface area contributed by atoms with Gasteiger partial charge in [-0.2, -0.15) is 10.1 Å². The molecule has 10 nitrogen and oxygen atoms in total. The van der Waals surface area contributed by atoms with E-state index in [-0.39, 0.29) is 0 Å². The number of thiocarbonyl (C=S) groups is 1. The summed E-state index contributed by atoms with van der Waals surface area (Å²) in [6.45, 7) is 5.55. The lowest BCUT2D eigenvalue weighted by atomic mass is 10.2. The summed E-state index contributed by atoms with van der Waals surface area (Å²) in [6, 6.07) is 9.81.